The third-order valence-electron chi connectivity index (χ3n) is 4.09. The van der Waals surface area contributed by atoms with Crippen molar-refractivity contribution >= 4 is 17.5 Å². The van der Waals surface area contributed by atoms with E-state index in [4.69, 9.17) is 21.1 Å². The summed E-state index contributed by atoms with van der Waals surface area (Å²) in [6, 6.07) is 19.0. The van der Waals surface area contributed by atoms with Gasteiger partial charge in [-0.2, -0.15) is 0 Å². The van der Waals surface area contributed by atoms with Crippen molar-refractivity contribution in [2.75, 3.05) is 7.11 Å². The molecule has 0 radical (unpaired) electrons. The summed E-state index contributed by atoms with van der Waals surface area (Å²) in [5.74, 6) is -0.00792. The number of nitrogens with one attached hydrogen (secondary N) is 1. The van der Waals surface area contributed by atoms with Gasteiger partial charge in [0.25, 0.3) is 5.91 Å². The van der Waals surface area contributed by atoms with Crippen LogP contribution in [0.3, 0.4) is 0 Å². The normalized spacial score (nSPS) is 10.4. The highest BCUT2D eigenvalue weighted by Crippen LogP contribution is 2.29. The minimum absolute atomic E-state index is 0.0951. The van der Waals surface area contributed by atoms with E-state index in [1.54, 1.807) is 19.2 Å². The maximum Gasteiger partial charge on any atom is 0.254 e. The van der Waals surface area contributed by atoms with Crippen molar-refractivity contribution in [2.45, 2.75) is 13.2 Å². The van der Waals surface area contributed by atoms with E-state index < -0.39 is 11.7 Å². The molecule has 4 nitrogen and oxygen atoms in total. The van der Waals surface area contributed by atoms with E-state index in [9.17, 15) is 9.18 Å². The second-order valence-corrected chi connectivity index (χ2v) is 6.50. The van der Waals surface area contributed by atoms with Crippen molar-refractivity contribution in [3.05, 3.63) is 94.3 Å². The van der Waals surface area contributed by atoms with Crippen LogP contribution >= 0.6 is 11.6 Å². The third-order valence-corrected chi connectivity index (χ3v) is 4.33. The second-order valence-electron chi connectivity index (χ2n) is 6.07. The topological polar surface area (TPSA) is 47.6 Å². The van der Waals surface area contributed by atoms with Gasteiger partial charge in [-0.25, -0.2) is 4.39 Å². The van der Waals surface area contributed by atoms with Crippen LogP contribution in [0.1, 0.15) is 21.5 Å². The monoisotopic (exact) mass is 399 g/mol. The highest BCUT2D eigenvalue weighted by atomic mass is 35.5. The molecule has 0 atom stereocenters. The first kappa shape index (κ1) is 19.7. The van der Waals surface area contributed by atoms with Gasteiger partial charge in [0, 0.05) is 11.6 Å². The lowest BCUT2D eigenvalue weighted by molar-refractivity contribution is 0.0947. The summed E-state index contributed by atoms with van der Waals surface area (Å²) < 4.78 is 25.0. The standard InChI is InChI=1S/C22H19ClFNO3/c1-27-21-11-16(7-10-20(21)28-14-15-5-3-2-4-6-15)13-25-22(26)18-12-17(23)8-9-19(18)24/h2-12H,13-14H2,1H3,(H,25,26). The molecule has 0 spiro atoms. The van der Waals surface area contributed by atoms with Gasteiger partial charge in [0.15, 0.2) is 11.5 Å². The summed E-state index contributed by atoms with van der Waals surface area (Å²) >= 11 is 5.83. The molecular formula is C22H19ClFNO3. The Morgan fingerprint density at radius 3 is 2.54 bits per heavy atom. The number of ether oxygens (including phenoxy) is 2. The molecule has 0 heterocycles. The average molecular weight is 400 g/mol. The van der Waals surface area contributed by atoms with Crippen molar-refractivity contribution in [1.29, 1.82) is 0 Å². The molecule has 6 heteroatoms. The maximum absolute atomic E-state index is 13.8. The quantitative estimate of drug-likeness (QED) is 0.608. The molecule has 1 N–H and O–H groups in total. The number of benzene rings is 3. The van der Waals surface area contributed by atoms with Crippen molar-refractivity contribution in [2.24, 2.45) is 0 Å². The zero-order valence-electron chi connectivity index (χ0n) is 15.2. The molecule has 0 aliphatic rings. The van der Waals surface area contributed by atoms with Gasteiger partial charge in [-0.1, -0.05) is 48.0 Å². The molecule has 3 rings (SSSR count). The SMILES string of the molecule is COc1cc(CNC(=O)c2cc(Cl)ccc2F)ccc1OCc1ccccc1. The molecule has 0 aromatic heterocycles. The average Bonchev–Trinajstić information content (AvgIpc) is 2.73. The molecule has 3 aromatic carbocycles. The molecule has 0 saturated heterocycles. The van der Waals surface area contributed by atoms with Crippen LogP contribution in [0.4, 0.5) is 4.39 Å². The van der Waals surface area contributed by atoms with Crippen LogP contribution in [0, 0.1) is 5.82 Å². The lowest BCUT2D eigenvalue weighted by atomic mass is 10.1. The van der Waals surface area contributed by atoms with Gasteiger partial charge in [0.2, 0.25) is 0 Å². The molecule has 0 fully saturated rings. The van der Waals surface area contributed by atoms with Gasteiger partial charge in [-0.3, -0.25) is 4.79 Å². The summed E-state index contributed by atoms with van der Waals surface area (Å²) in [6.07, 6.45) is 0. The minimum atomic E-state index is -0.621. The van der Waals surface area contributed by atoms with Crippen LogP contribution in [-0.4, -0.2) is 13.0 Å². The van der Waals surface area contributed by atoms with Gasteiger partial charge in [-0.05, 0) is 41.5 Å². The smallest absolute Gasteiger partial charge is 0.254 e. The van der Waals surface area contributed by atoms with E-state index >= 15 is 0 Å². The van der Waals surface area contributed by atoms with E-state index in [2.05, 4.69) is 5.32 Å². The van der Waals surface area contributed by atoms with E-state index in [1.165, 1.54) is 18.2 Å². The largest absolute Gasteiger partial charge is 0.493 e. The Hall–Kier alpha value is -3.05. The molecule has 0 aliphatic heterocycles. The van der Waals surface area contributed by atoms with E-state index in [0.29, 0.717) is 23.1 Å². The van der Waals surface area contributed by atoms with Crippen molar-refractivity contribution in [1.82, 2.24) is 5.32 Å². The highest BCUT2D eigenvalue weighted by molar-refractivity contribution is 6.31. The summed E-state index contributed by atoms with van der Waals surface area (Å²) in [4.78, 5) is 12.2. The zero-order valence-corrected chi connectivity index (χ0v) is 16.0. The van der Waals surface area contributed by atoms with Crippen molar-refractivity contribution < 1.29 is 18.7 Å². The predicted octanol–water partition coefficient (Wildman–Crippen LogP) is 5.00. The van der Waals surface area contributed by atoms with Gasteiger partial charge in [0.05, 0.1) is 12.7 Å². The van der Waals surface area contributed by atoms with Gasteiger partial charge in [-0.15, -0.1) is 0 Å². The van der Waals surface area contributed by atoms with E-state index in [0.717, 1.165) is 11.1 Å². The van der Waals surface area contributed by atoms with Gasteiger partial charge >= 0.3 is 0 Å². The minimum Gasteiger partial charge on any atom is -0.493 e. The fraction of sp³-hybridized carbons (Fsp3) is 0.136. The number of amides is 1. The fourth-order valence-electron chi connectivity index (χ4n) is 2.63. The lowest BCUT2D eigenvalue weighted by Crippen LogP contribution is -2.23. The summed E-state index contributed by atoms with van der Waals surface area (Å²) in [5, 5.41) is 2.98. The molecular weight excluding hydrogens is 381 g/mol. The summed E-state index contributed by atoms with van der Waals surface area (Å²) in [6.45, 7) is 0.626. The summed E-state index contributed by atoms with van der Waals surface area (Å²) in [5.41, 5.74) is 1.74. The number of halogens is 2. The van der Waals surface area contributed by atoms with Crippen LogP contribution < -0.4 is 14.8 Å². The first-order valence-electron chi connectivity index (χ1n) is 8.63. The van der Waals surface area contributed by atoms with Crippen LogP contribution in [0.5, 0.6) is 11.5 Å². The second kappa shape index (κ2) is 9.24. The van der Waals surface area contributed by atoms with Gasteiger partial charge < -0.3 is 14.8 Å². The maximum atomic E-state index is 13.8. The molecule has 28 heavy (non-hydrogen) atoms. The molecule has 0 aliphatic carbocycles. The van der Waals surface area contributed by atoms with Crippen LogP contribution in [0.15, 0.2) is 66.7 Å². The fourth-order valence-corrected chi connectivity index (χ4v) is 2.80. The molecule has 0 saturated carbocycles. The first-order chi connectivity index (χ1) is 13.6. The molecule has 144 valence electrons. The number of hydrogen-bond donors (Lipinski definition) is 1. The van der Waals surface area contributed by atoms with Crippen LogP contribution in [0.25, 0.3) is 0 Å². The van der Waals surface area contributed by atoms with Crippen LogP contribution in [-0.2, 0) is 13.2 Å². The van der Waals surface area contributed by atoms with Gasteiger partial charge in [0.1, 0.15) is 12.4 Å². The molecule has 0 bridgehead atoms. The number of carbonyl (C=O) groups is 1. The van der Waals surface area contributed by atoms with Crippen molar-refractivity contribution in [3.63, 3.8) is 0 Å². The Morgan fingerprint density at radius 1 is 1.00 bits per heavy atom. The number of methoxy groups -OCH3 is 1. The Balaban J connectivity index is 1.64. The van der Waals surface area contributed by atoms with Crippen LogP contribution in [0.2, 0.25) is 5.02 Å². The molecule has 1 amide bonds. The Bertz CT molecular complexity index is 963. The highest BCUT2D eigenvalue weighted by Gasteiger charge is 2.13. The Morgan fingerprint density at radius 2 is 1.79 bits per heavy atom. The Labute approximate surface area is 167 Å². The van der Waals surface area contributed by atoms with E-state index in [1.807, 2.05) is 36.4 Å². The third kappa shape index (κ3) is 5.02. The Kier molecular flexibility index (Phi) is 6.50. The van der Waals surface area contributed by atoms with E-state index in [-0.39, 0.29) is 12.1 Å². The number of hydrogen-bond acceptors (Lipinski definition) is 3. The van der Waals surface area contributed by atoms with Crippen molar-refractivity contribution in [3.8, 4) is 11.5 Å². The lowest BCUT2D eigenvalue weighted by Gasteiger charge is -2.13. The molecule has 0 unspecified atom stereocenters. The zero-order chi connectivity index (χ0) is 19.9. The summed E-state index contributed by atoms with van der Waals surface area (Å²) in [7, 11) is 1.55. The first-order valence-corrected chi connectivity index (χ1v) is 9.01. The predicted molar refractivity (Wildman–Crippen MR) is 106 cm³/mol. The number of carbonyl (C=O) groups excluding carboxylic acids is 1. The number of rotatable bonds is 7. The molecule has 3 aromatic rings.